The lowest BCUT2D eigenvalue weighted by Gasteiger charge is -2.09. The minimum Gasteiger partial charge on any atom is -0.352 e. The number of benzene rings is 2. The third kappa shape index (κ3) is 2.49. The zero-order valence-electron chi connectivity index (χ0n) is 12.4. The van der Waals surface area contributed by atoms with Gasteiger partial charge in [0, 0.05) is 13.6 Å². The number of hydrogen-bond acceptors (Lipinski definition) is 2. The fourth-order valence-electron chi connectivity index (χ4n) is 2.62. The maximum absolute atomic E-state index is 13.6. The summed E-state index contributed by atoms with van der Waals surface area (Å²) in [4.78, 5) is 4.57. The molecule has 1 N–H and O–H groups in total. The molecular formula is C17H18FN3. The third-order valence-electron chi connectivity index (χ3n) is 3.73. The first kappa shape index (κ1) is 13.6. The highest BCUT2D eigenvalue weighted by atomic mass is 19.1. The monoisotopic (exact) mass is 283 g/mol. The van der Waals surface area contributed by atoms with Crippen LogP contribution in [-0.4, -0.2) is 9.55 Å². The van der Waals surface area contributed by atoms with Crippen molar-refractivity contribution >= 4 is 17.0 Å². The molecule has 0 fully saturated rings. The van der Waals surface area contributed by atoms with Crippen molar-refractivity contribution in [2.24, 2.45) is 7.05 Å². The van der Waals surface area contributed by atoms with E-state index in [9.17, 15) is 4.39 Å². The molecule has 0 atom stereocenters. The lowest BCUT2D eigenvalue weighted by Crippen LogP contribution is -2.06. The number of fused-ring (bicyclic) bond motifs is 1. The van der Waals surface area contributed by atoms with Gasteiger partial charge in [0.25, 0.3) is 0 Å². The Labute approximate surface area is 123 Å². The average Bonchev–Trinajstić information content (AvgIpc) is 2.79. The highest BCUT2D eigenvalue weighted by molar-refractivity contribution is 5.78. The van der Waals surface area contributed by atoms with E-state index in [1.165, 1.54) is 0 Å². The van der Waals surface area contributed by atoms with Crippen LogP contribution < -0.4 is 5.32 Å². The zero-order valence-corrected chi connectivity index (χ0v) is 12.4. The second-order valence-corrected chi connectivity index (χ2v) is 5.38. The number of halogens is 1. The van der Waals surface area contributed by atoms with Gasteiger partial charge in [0.1, 0.15) is 5.82 Å². The summed E-state index contributed by atoms with van der Waals surface area (Å²) in [6, 6.07) is 11.8. The van der Waals surface area contributed by atoms with E-state index < -0.39 is 0 Å². The molecule has 0 aliphatic rings. The molecule has 0 saturated carbocycles. The lowest BCUT2D eigenvalue weighted by molar-refractivity contribution is 0.608. The second kappa shape index (κ2) is 5.20. The van der Waals surface area contributed by atoms with Crippen molar-refractivity contribution in [3.8, 4) is 0 Å². The van der Waals surface area contributed by atoms with Crippen molar-refractivity contribution in [3.63, 3.8) is 0 Å². The number of aromatic nitrogens is 2. The highest BCUT2D eigenvalue weighted by Gasteiger charge is 2.08. The quantitative estimate of drug-likeness (QED) is 0.789. The topological polar surface area (TPSA) is 29.9 Å². The van der Waals surface area contributed by atoms with Crippen LogP contribution in [0.2, 0.25) is 0 Å². The van der Waals surface area contributed by atoms with E-state index in [1.54, 1.807) is 13.8 Å². The van der Waals surface area contributed by atoms with E-state index >= 15 is 0 Å². The number of nitrogens with zero attached hydrogens (tertiary/aromatic N) is 2. The van der Waals surface area contributed by atoms with Crippen LogP contribution in [0, 0.1) is 19.7 Å². The summed E-state index contributed by atoms with van der Waals surface area (Å²) >= 11 is 0. The maximum atomic E-state index is 13.6. The van der Waals surface area contributed by atoms with Crippen molar-refractivity contribution in [1.82, 2.24) is 9.55 Å². The number of hydrogen-bond donors (Lipinski definition) is 1. The predicted molar refractivity (Wildman–Crippen MR) is 83.9 cm³/mol. The van der Waals surface area contributed by atoms with Crippen LogP contribution >= 0.6 is 0 Å². The van der Waals surface area contributed by atoms with E-state index in [1.807, 2.05) is 48.0 Å². The Hall–Kier alpha value is -2.36. The molecule has 108 valence electrons. The highest BCUT2D eigenvalue weighted by Crippen LogP contribution is 2.19. The Bertz CT molecular complexity index is 782. The molecule has 3 aromatic rings. The van der Waals surface area contributed by atoms with Crippen LogP contribution in [0.1, 0.15) is 16.7 Å². The normalized spacial score (nSPS) is 11.0. The molecule has 1 aromatic heterocycles. The third-order valence-corrected chi connectivity index (χ3v) is 3.73. The van der Waals surface area contributed by atoms with Gasteiger partial charge in [-0.3, -0.25) is 0 Å². The molecule has 3 nitrogen and oxygen atoms in total. The fraction of sp³-hybridized carbons (Fsp3) is 0.235. The standard InChI is InChI=1S/C17H18FN3/c1-11-8-13(9-12(2)16(11)18)10-19-17-20-14-6-4-5-7-15(14)21(17)3/h4-9H,10H2,1-3H3,(H,19,20). The van der Waals surface area contributed by atoms with Crippen molar-refractivity contribution in [3.05, 3.63) is 58.9 Å². The Kier molecular flexibility index (Phi) is 3.37. The summed E-state index contributed by atoms with van der Waals surface area (Å²) in [6.45, 7) is 4.21. The van der Waals surface area contributed by atoms with Gasteiger partial charge < -0.3 is 9.88 Å². The Morgan fingerprint density at radius 2 is 1.81 bits per heavy atom. The van der Waals surface area contributed by atoms with Crippen LogP contribution in [0.15, 0.2) is 36.4 Å². The van der Waals surface area contributed by atoms with Crippen LogP contribution in [0.5, 0.6) is 0 Å². The van der Waals surface area contributed by atoms with Crippen molar-refractivity contribution in [1.29, 1.82) is 0 Å². The smallest absolute Gasteiger partial charge is 0.203 e. The van der Waals surface area contributed by atoms with Gasteiger partial charge >= 0.3 is 0 Å². The van der Waals surface area contributed by atoms with Crippen molar-refractivity contribution in [2.75, 3.05) is 5.32 Å². The van der Waals surface area contributed by atoms with Gasteiger partial charge in [-0.2, -0.15) is 0 Å². The van der Waals surface area contributed by atoms with Gasteiger partial charge in [0.05, 0.1) is 11.0 Å². The first-order valence-electron chi connectivity index (χ1n) is 6.97. The summed E-state index contributed by atoms with van der Waals surface area (Å²) < 4.78 is 15.7. The molecule has 0 spiro atoms. The van der Waals surface area contributed by atoms with Crippen LogP contribution in [0.4, 0.5) is 10.3 Å². The fourth-order valence-corrected chi connectivity index (χ4v) is 2.62. The molecule has 0 unspecified atom stereocenters. The number of imidazole rings is 1. The van der Waals surface area contributed by atoms with Gasteiger partial charge in [0.15, 0.2) is 0 Å². The van der Waals surface area contributed by atoms with E-state index in [-0.39, 0.29) is 5.82 Å². The summed E-state index contributed by atoms with van der Waals surface area (Å²) in [5, 5.41) is 3.32. The minimum absolute atomic E-state index is 0.124. The van der Waals surface area contributed by atoms with E-state index in [0.29, 0.717) is 17.7 Å². The Morgan fingerprint density at radius 3 is 2.48 bits per heavy atom. The average molecular weight is 283 g/mol. The van der Waals surface area contributed by atoms with E-state index in [4.69, 9.17) is 0 Å². The molecule has 3 rings (SSSR count). The van der Waals surface area contributed by atoms with Crippen LogP contribution in [-0.2, 0) is 13.6 Å². The summed E-state index contributed by atoms with van der Waals surface area (Å²) in [5.74, 6) is 0.692. The number of rotatable bonds is 3. The largest absolute Gasteiger partial charge is 0.352 e. The minimum atomic E-state index is -0.124. The summed E-state index contributed by atoms with van der Waals surface area (Å²) in [7, 11) is 1.98. The lowest BCUT2D eigenvalue weighted by atomic mass is 10.1. The predicted octanol–water partition coefficient (Wildman–Crippen LogP) is 3.94. The SMILES string of the molecule is Cc1cc(CNc2nc3ccccc3n2C)cc(C)c1F. The molecule has 0 radical (unpaired) electrons. The Morgan fingerprint density at radius 1 is 1.14 bits per heavy atom. The van der Waals surface area contributed by atoms with Gasteiger partial charge in [-0.25, -0.2) is 9.37 Å². The molecular weight excluding hydrogens is 265 g/mol. The van der Waals surface area contributed by atoms with Crippen LogP contribution in [0.25, 0.3) is 11.0 Å². The molecule has 0 amide bonds. The van der Waals surface area contributed by atoms with Gasteiger partial charge in [-0.1, -0.05) is 24.3 Å². The van der Waals surface area contributed by atoms with Crippen LogP contribution in [0.3, 0.4) is 0 Å². The van der Waals surface area contributed by atoms with Crippen molar-refractivity contribution in [2.45, 2.75) is 20.4 Å². The number of para-hydroxylation sites is 2. The van der Waals surface area contributed by atoms with E-state index in [0.717, 1.165) is 22.5 Å². The van der Waals surface area contributed by atoms with Gasteiger partial charge in [-0.05, 0) is 42.7 Å². The molecule has 1 heterocycles. The molecule has 0 saturated heterocycles. The number of aryl methyl sites for hydroxylation is 3. The molecule has 4 heteroatoms. The summed E-state index contributed by atoms with van der Waals surface area (Å²) in [5.41, 5.74) is 4.47. The first-order chi connectivity index (χ1) is 10.1. The zero-order chi connectivity index (χ0) is 15.0. The second-order valence-electron chi connectivity index (χ2n) is 5.38. The molecule has 2 aromatic carbocycles. The molecule has 21 heavy (non-hydrogen) atoms. The summed E-state index contributed by atoms with van der Waals surface area (Å²) in [6.07, 6.45) is 0. The molecule has 0 aliphatic carbocycles. The number of anilines is 1. The van der Waals surface area contributed by atoms with Crippen molar-refractivity contribution < 1.29 is 4.39 Å². The van der Waals surface area contributed by atoms with Gasteiger partial charge in [-0.15, -0.1) is 0 Å². The van der Waals surface area contributed by atoms with Gasteiger partial charge in [0.2, 0.25) is 5.95 Å². The first-order valence-corrected chi connectivity index (χ1v) is 6.97. The molecule has 0 bridgehead atoms. The maximum Gasteiger partial charge on any atom is 0.203 e. The Balaban J connectivity index is 1.85. The van der Waals surface area contributed by atoms with E-state index in [2.05, 4.69) is 10.3 Å². The molecule has 0 aliphatic heterocycles. The number of nitrogens with one attached hydrogen (secondary N) is 1.